The number of thiocarbonyl (C=S) groups is 1. The summed E-state index contributed by atoms with van der Waals surface area (Å²) in [6.07, 6.45) is 10.2. The van der Waals surface area contributed by atoms with Crippen LogP contribution in [0.5, 0.6) is 0 Å². The lowest BCUT2D eigenvalue weighted by Gasteiger charge is -1.96. The van der Waals surface area contributed by atoms with Gasteiger partial charge in [-0.3, -0.25) is 0 Å². The van der Waals surface area contributed by atoms with E-state index in [0.29, 0.717) is 0 Å². The average Bonchev–Trinajstić information content (AvgIpc) is 2.04. The molecule has 64 valence electrons. The molecule has 0 amide bonds. The molecule has 0 heterocycles. The molecule has 1 heteroatoms. The summed E-state index contributed by atoms with van der Waals surface area (Å²) in [4.78, 5) is 1.22. The maximum atomic E-state index is 5.11. The Bertz CT molecular complexity index is 125. The molecule has 0 N–H and O–H groups in total. The first-order valence-electron chi connectivity index (χ1n) is 4.48. The molecule has 0 unspecified atom stereocenters. The molecule has 0 radical (unpaired) electrons. The van der Waals surface area contributed by atoms with Gasteiger partial charge in [0.05, 0.1) is 0 Å². The lowest BCUT2D eigenvalue weighted by Crippen LogP contribution is -1.89. The zero-order chi connectivity index (χ0) is 8.53. The van der Waals surface area contributed by atoms with Gasteiger partial charge < -0.3 is 0 Å². The van der Waals surface area contributed by atoms with E-state index < -0.39 is 0 Å². The Morgan fingerprint density at radius 1 is 1.27 bits per heavy atom. The van der Waals surface area contributed by atoms with Gasteiger partial charge in [0.2, 0.25) is 0 Å². The summed E-state index contributed by atoms with van der Waals surface area (Å²) in [6.45, 7) is 4.29. The molecule has 0 saturated heterocycles. The number of hydrogen-bond donors (Lipinski definition) is 0. The largest absolute Gasteiger partial charge is 0.0897 e. The maximum absolute atomic E-state index is 5.11. The van der Waals surface area contributed by atoms with Crippen molar-refractivity contribution in [1.29, 1.82) is 0 Å². The minimum Gasteiger partial charge on any atom is -0.0897 e. The quantitative estimate of drug-likeness (QED) is 0.331. The highest BCUT2D eigenvalue weighted by Gasteiger charge is 1.90. The number of allylic oxidation sites excluding steroid dienone is 2. The summed E-state index contributed by atoms with van der Waals surface area (Å²) in [7, 11) is 0. The van der Waals surface area contributed by atoms with Gasteiger partial charge in [0.15, 0.2) is 0 Å². The van der Waals surface area contributed by atoms with Gasteiger partial charge in [-0.15, -0.1) is 0 Å². The van der Waals surface area contributed by atoms with E-state index >= 15 is 0 Å². The van der Waals surface area contributed by atoms with Crippen LogP contribution in [0.1, 0.15) is 46.0 Å². The number of rotatable bonds is 6. The number of unbranched alkanes of at least 4 members (excludes halogenated alkanes) is 1. The Labute approximate surface area is 75.7 Å². The molecule has 0 aromatic rings. The summed E-state index contributed by atoms with van der Waals surface area (Å²) < 4.78 is 0. The van der Waals surface area contributed by atoms with Gasteiger partial charge in [0.25, 0.3) is 0 Å². The average molecular weight is 170 g/mol. The van der Waals surface area contributed by atoms with Crippen LogP contribution in [-0.2, 0) is 0 Å². The van der Waals surface area contributed by atoms with E-state index in [1.165, 1.54) is 17.7 Å². The van der Waals surface area contributed by atoms with E-state index in [9.17, 15) is 0 Å². The molecule has 0 aliphatic carbocycles. The van der Waals surface area contributed by atoms with Crippen molar-refractivity contribution in [2.45, 2.75) is 46.0 Å². The van der Waals surface area contributed by atoms with Gasteiger partial charge in [-0.05, 0) is 37.0 Å². The van der Waals surface area contributed by atoms with Crippen LogP contribution in [0, 0.1) is 0 Å². The zero-order valence-electron chi connectivity index (χ0n) is 7.60. The van der Waals surface area contributed by atoms with Crippen molar-refractivity contribution >= 4 is 17.1 Å². The molecule has 0 nitrogen and oxygen atoms in total. The Balaban J connectivity index is 3.14. The predicted molar refractivity (Wildman–Crippen MR) is 56.2 cm³/mol. The molecule has 0 spiro atoms. The highest BCUT2D eigenvalue weighted by atomic mass is 32.1. The third-order valence-corrected chi connectivity index (χ3v) is 2.12. The SMILES string of the molecule is CC/C=C\CCCC(=S)CC. The minimum atomic E-state index is 1.06. The van der Waals surface area contributed by atoms with E-state index in [2.05, 4.69) is 26.0 Å². The maximum Gasteiger partial charge on any atom is -0.00741 e. The standard InChI is InChI=1S/C10H18S/c1-3-5-6-7-8-9-10(11)4-2/h5-6H,3-4,7-9H2,1-2H3/b6-5-. The minimum absolute atomic E-state index is 1.06. The van der Waals surface area contributed by atoms with Crippen molar-refractivity contribution in [3.63, 3.8) is 0 Å². The van der Waals surface area contributed by atoms with Crippen LogP contribution in [-0.4, -0.2) is 4.86 Å². The summed E-state index contributed by atoms with van der Waals surface area (Å²) >= 11 is 5.11. The third kappa shape index (κ3) is 7.73. The summed E-state index contributed by atoms with van der Waals surface area (Å²) in [5.41, 5.74) is 0. The van der Waals surface area contributed by atoms with Crippen LogP contribution in [0.2, 0.25) is 0 Å². The van der Waals surface area contributed by atoms with Gasteiger partial charge in [0.1, 0.15) is 0 Å². The molecule has 0 aliphatic heterocycles. The molecule has 11 heavy (non-hydrogen) atoms. The molecule has 0 aromatic heterocycles. The van der Waals surface area contributed by atoms with Crippen molar-refractivity contribution in [3.8, 4) is 0 Å². The third-order valence-electron chi connectivity index (χ3n) is 1.62. The molecule has 0 aliphatic rings. The van der Waals surface area contributed by atoms with Crippen LogP contribution in [0.4, 0.5) is 0 Å². The molecular formula is C10H18S. The van der Waals surface area contributed by atoms with Gasteiger partial charge in [0, 0.05) is 0 Å². The second-order valence-electron chi connectivity index (χ2n) is 2.66. The second-order valence-corrected chi connectivity index (χ2v) is 3.24. The molecule has 0 fully saturated rings. The lowest BCUT2D eigenvalue weighted by atomic mass is 10.1. The lowest BCUT2D eigenvalue weighted by molar-refractivity contribution is 0.886. The van der Waals surface area contributed by atoms with Crippen LogP contribution in [0.15, 0.2) is 12.2 Å². The fourth-order valence-electron chi connectivity index (χ4n) is 0.878. The first-order valence-corrected chi connectivity index (χ1v) is 4.88. The summed E-state index contributed by atoms with van der Waals surface area (Å²) in [6, 6.07) is 0. The van der Waals surface area contributed by atoms with E-state index in [-0.39, 0.29) is 0 Å². The highest BCUT2D eigenvalue weighted by Crippen LogP contribution is 2.01. The van der Waals surface area contributed by atoms with Crippen molar-refractivity contribution < 1.29 is 0 Å². The van der Waals surface area contributed by atoms with Crippen LogP contribution >= 0.6 is 12.2 Å². The highest BCUT2D eigenvalue weighted by molar-refractivity contribution is 7.80. The monoisotopic (exact) mass is 170 g/mol. The van der Waals surface area contributed by atoms with Crippen molar-refractivity contribution in [2.24, 2.45) is 0 Å². The van der Waals surface area contributed by atoms with Crippen LogP contribution < -0.4 is 0 Å². The summed E-state index contributed by atoms with van der Waals surface area (Å²) in [5.74, 6) is 0. The molecule has 0 saturated carbocycles. The molecule has 0 bridgehead atoms. The van der Waals surface area contributed by atoms with Crippen LogP contribution in [0.3, 0.4) is 0 Å². The van der Waals surface area contributed by atoms with Crippen molar-refractivity contribution in [2.75, 3.05) is 0 Å². The first-order chi connectivity index (χ1) is 5.31. The van der Waals surface area contributed by atoms with E-state index in [1.807, 2.05) is 0 Å². The van der Waals surface area contributed by atoms with Gasteiger partial charge in [-0.25, -0.2) is 0 Å². The molecule has 0 atom stereocenters. The fraction of sp³-hybridized carbons (Fsp3) is 0.700. The zero-order valence-corrected chi connectivity index (χ0v) is 8.41. The summed E-state index contributed by atoms with van der Waals surface area (Å²) in [5, 5.41) is 0. The Morgan fingerprint density at radius 2 is 2.00 bits per heavy atom. The predicted octanol–water partition coefficient (Wildman–Crippen LogP) is 3.90. The first kappa shape index (κ1) is 10.8. The van der Waals surface area contributed by atoms with Gasteiger partial charge in [-0.2, -0.15) is 0 Å². The van der Waals surface area contributed by atoms with Gasteiger partial charge in [-0.1, -0.05) is 38.2 Å². The molecule has 0 aromatic carbocycles. The van der Waals surface area contributed by atoms with E-state index in [0.717, 1.165) is 19.3 Å². The number of hydrogen-bond acceptors (Lipinski definition) is 1. The van der Waals surface area contributed by atoms with Crippen LogP contribution in [0.25, 0.3) is 0 Å². The van der Waals surface area contributed by atoms with Crippen molar-refractivity contribution in [1.82, 2.24) is 0 Å². The van der Waals surface area contributed by atoms with Crippen molar-refractivity contribution in [3.05, 3.63) is 12.2 Å². The Hall–Kier alpha value is -0.170. The molecular weight excluding hydrogens is 152 g/mol. The topological polar surface area (TPSA) is 0 Å². The molecule has 0 rings (SSSR count). The van der Waals surface area contributed by atoms with Gasteiger partial charge >= 0.3 is 0 Å². The Morgan fingerprint density at radius 3 is 2.55 bits per heavy atom. The Kier molecular flexibility index (Phi) is 7.81. The second kappa shape index (κ2) is 7.93. The van der Waals surface area contributed by atoms with E-state index in [4.69, 9.17) is 12.2 Å². The fourth-order valence-corrected chi connectivity index (χ4v) is 1.02. The smallest absolute Gasteiger partial charge is 0.00741 e. The van der Waals surface area contributed by atoms with E-state index in [1.54, 1.807) is 0 Å². The normalized spacial score (nSPS) is 10.7.